The van der Waals surface area contributed by atoms with Gasteiger partial charge in [-0.25, -0.2) is 0 Å². The van der Waals surface area contributed by atoms with Gasteiger partial charge in [0.1, 0.15) is 0 Å². The molecule has 67 heavy (non-hydrogen) atoms. The fourth-order valence-electron chi connectivity index (χ4n) is 10.1. The topological polar surface area (TPSA) is 19.4 Å². The number of fused-ring (bicyclic) bond motifs is 4. The second-order valence-electron chi connectivity index (χ2n) is 23.1. The van der Waals surface area contributed by atoms with Crippen LogP contribution in [0.4, 0.5) is 34.1 Å². The lowest BCUT2D eigenvalue weighted by molar-refractivity contribution is 0.568. The molecule has 0 saturated heterocycles. The number of aromatic nitrogens is 1. The van der Waals surface area contributed by atoms with Crippen molar-refractivity contribution in [2.45, 2.75) is 105 Å². The SMILES string of the molecule is CC(C)(C)c1cc(N2c3ccc(-c4ccccc4)cc3B3c4cc(-c5ccccc5)ccc4N(c4cc(C(C)(C)C)cc(C(C)(C)C)c4)c4cc(-c5ccccn5)cc2c43)cc(C(C)(C)C)c1. The number of hydrogen-bond donors (Lipinski definition) is 0. The van der Waals surface area contributed by atoms with Crippen LogP contribution < -0.4 is 26.2 Å². The Bertz CT molecular complexity index is 2900. The molecule has 0 bridgehead atoms. The summed E-state index contributed by atoms with van der Waals surface area (Å²) in [5.74, 6) is 0. The third-order valence-corrected chi connectivity index (χ3v) is 14.1. The zero-order valence-corrected chi connectivity index (χ0v) is 41.6. The van der Waals surface area contributed by atoms with E-state index in [1.165, 1.54) is 95.0 Å². The summed E-state index contributed by atoms with van der Waals surface area (Å²) in [6, 6.07) is 62.0. The van der Waals surface area contributed by atoms with E-state index in [0.717, 1.165) is 11.3 Å². The van der Waals surface area contributed by atoms with Crippen molar-refractivity contribution in [2.75, 3.05) is 9.80 Å². The molecule has 7 aromatic carbocycles. The smallest absolute Gasteiger partial charge is 0.252 e. The highest BCUT2D eigenvalue weighted by Crippen LogP contribution is 2.49. The van der Waals surface area contributed by atoms with Crippen molar-refractivity contribution in [3.63, 3.8) is 0 Å². The van der Waals surface area contributed by atoms with Crippen LogP contribution in [0.1, 0.15) is 105 Å². The van der Waals surface area contributed by atoms with E-state index in [-0.39, 0.29) is 28.4 Å². The number of pyridine rings is 1. The molecular formula is C63H64BN3. The number of rotatable bonds is 5. The highest BCUT2D eigenvalue weighted by Gasteiger charge is 2.45. The van der Waals surface area contributed by atoms with Crippen LogP contribution in [0.3, 0.4) is 0 Å². The van der Waals surface area contributed by atoms with Gasteiger partial charge in [-0.2, -0.15) is 0 Å². The molecule has 0 unspecified atom stereocenters. The quantitative estimate of drug-likeness (QED) is 0.161. The Morgan fingerprint density at radius 1 is 0.343 bits per heavy atom. The molecule has 0 fully saturated rings. The first-order valence-electron chi connectivity index (χ1n) is 24.1. The first-order valence-corrected chi connectivity index (χ1v) is 24.1. The molecular weight excluding hydrogens is 810 g/mol. The molecule has 0 spiro atoms. The summed E-state index contributed by atoms with van der Waals surface area (Å²) < 4.78 is 0. The molecule has 1 aromatic heterocycles. The highest BCUT2D eigenvalue weighted by molar-refractivity contribution is 7.00. The molecule has 2 aliphatic rings. The van der Waals surface area contributed by atoms with Gasteiger partial charge >= 0.3 is 0 Å². The fraction of sp³-hybridized carbons (Fsp3) is 0.254. The lowest BCUT2D eigenvalue weighted by Gasteiger charge is -2.45. The van der Waals surface area contributed by atoms with E-state index in [4.69, 9.17) is 4.98 Å². The molecule has 0 atom stereocenters. The second-order valence-corrected chi connectivity index (χ2v) is 23.1. The predicted octanol–water partition coefficient (Wildman–Crippen LogP) is 15.4. The summed E-state index contributed by atoms with van der Waals surface area (Å²) in [5.41, 5.74) is 22.9. The van der Waals surface area contributed by atoms with E-state index in [9.17, 15) is 0 Å². The van der Waals surface area contributed by atoms with Gasteiger partial charge < -0.3 is 9.80 Å². The van der Waals surface area contributed by atoms with Crippen molar-refractivity contribution in [1.82, 2.24) is 4.98 Å². The standard InChI is InChI=1S/C63H64BN3/c1-60(2,3)46-35-47(61(4,5)6)38-50(37-46)66-55-28-26-43(41-21-15-13-16-22-41)31-52(55)64-53-32-44(42-23-17-14-18-24-42)27-29-56(53)67(51-39-48(62(7,8)9)36-49(40-51)63(10,11)12)58-34-45(33-57(66)59(58)64)54-25-19-20-30-65-54/h13-40H,1-12H3. The maximum absolute atomic E-state index is 5.03. The predicted molar refractivity (Wildman–Crippen MR) is 289 cm³/mol. The molecule has 0 aliphatic carbocycles. The summed E-state index contributed by atoms with van der Waals surface area (Å²) in [5, 5.41) is 0. The van der Waals surface area contributed by atoms with Gasteiger partial charge in [-0.1, -0.05) is 186 Å². The Hall–Kier alpha value is -6.65. The van der Waals surface area contributed by atoms with Gasteiger partial charge in [0.05, 0.1) is 5.69 Å². The van der Waals surface area contributed by atoms with E-state index in [0.29, 0.717) is 0 Å². The second kappa shape index (κ2) is 16.0. The Morgan fingerprint density at radius 3 is 1.09 bits per heavy atom. The number of anilines is 6. The molecule has 2 aliphatic heterocycles. The van der Waals surface area contributed by atoms with Gasteiger partial charge in [-0.15, -0.1) is 0 Å². The van der Waals surface area contributed by atoms with Crippen molar-refractivity contribution in [1.29, 1.82) is 0 Å². The third-order valence-electron chi connectivity index (χ3n) is 14.1. The molecule has 10 rings (SSSR count). The fourth-order valence-corrected chi connectivity index (χ4v) is 10.1. The van der Waals surface area contributed by atoms with E-state index in [1.54, 1.807) is 0 Å². The normalized spacial score (nSPS) is 13.6. The minimum absolute atomic E-state index is 0.0734. The molecule has 3 nitrogen and oxygen atoms in total. The van der Waals surface area contributed by atoms with E-state index in [1.807, 2.05) is 12.3 Å². The Morgan fingerprint density at radius 2 is 0.731 bits per heavy atom. The molecule has 0 amide bonds. The van der Waals surface area contributed by atoms with Crippen molar-refractivity contribution in [3.05, 3.63) is 192 Å². The maximum atomic E-state index is 5.03. The molecule has 8 aromatic rings. The summed E-state index contributed by atoms with van der Waals surface area (Å²) in [4.78, 5) is 10.2. The minimum atomic E-state index is -0.0756. The first-order chi connectivity index (χ1) is 31.7. The van der Waals surface area contributed by atoms with Crippen molar-refractivity contribution >= 4 is 57.2 Å². The van der Waals surface area contributed by atoms with Crippen LogP contribution in [0.15, 0.2) is 170 Å². The van der Waals surface area contributed by atoms with Crippen LogP contribution >= 0.6 is 0 Å². The van der Waals surface area contributed by atoms with Crippen LogP contribution in [0.25, 0.3) is 33.5 Å². The third kappa shape index (κ3) is 8.09. The van der Waals surface area contributed by atoms with E-state index in [2.05, 4.69) is 251 Å². The van der Waals surface area contributed by atoms with Gasteiger partial charge in [0, 0.05) is 45.9 Å². The van der Waals surface area contributed by atoms with Crippen LogP contribution in [-0.2, 0) is 21.7 Å². The summed E-state index contributed by atoms with van der Waals surface area (Å²) in [6.45, 7) is 28.0. The van der Waals surface area contributed by atoms with Gasteiger partial charge in [0.25, 0.3) is 6.71 Å². The zero-order valence-electron chi connectivity index (χ0n) is 41.6. The van der Waals surface area contributed by atoms with Crippen molar-refractivity contribution in [3.8, 4) is 33.5 Å². The highest BCUT2D eigenvalue weighted by atomic mass is 15.2. The minimum Gasteiger partial charge on any atom is -0.311 e. The van der Waals surface area contributed by atoms with Gasteiger partial charge in [-0.05, 0) is 143 Å². The van der Waals surface area contributed by atoms with Crippen molar-refractivity contribution in [2.24, 2.45) is 0 Å². The maximum Gasteiger partial charge on any atom is 0.252 e. The number of nitrogens with zero attached hydrogens (tertiary/aromatic N) is 3. The van der Waals surface area contributed by atoms with Gasteiger partial charge in [-0.3, -0.25) is 4.98 Å². The molecule has 3 heterocycles. The summed E-state index contributed by atoms with van der Waals surface area (Å²) in [6.07, 6.45) is 1.92. The van der Waals surface area contributed by atoms with E-state index < -0.39 is 0 Å². The molecule has 0 N–H and O–H groups in total. The lowest BCUT2D eigenvalue weighted by atomic mass is 9.33. The van der Waals surface area contributed by atoms with E-state index >= 15 is 0 Å². The molecule has 334 valence electrons. The molecule has 0 saturated carbocycles. The van der Waals surface area contributed by atoms with Gasteiger partial charge in [0.2, 0.25) is 0 Å². The number of benzene rings is 7. The monoisotopic (exact) mass is 874 g/mol. The molecule has 0 radical (unpaired) electrons. The average Bonchev–Trinajstić information content (AvgIpc) is 3.30. The van der Waals surface area contributed by atoms with Crippen LogP contribution in [0.2, 0.25) is 0 Å². The lowest BCUT2D eigenvalue weighted by Crippen LogP contribution is -2.61. The Labute approximate surface area is 400 Å². The summed E-state index contributed by atoms with van der Waals surface area (Å²) in [7, 11) is 0. The van der Waals surface area contributed by atoms with Crippen LogP contribution in [-0.4, -0.2) is 11.7 Å². The van der Waals surface area contributed by atoms with Crippen LogP contribution in [0.5, 0.6) is 0 Å². The zero-order chi connectivity index (χ0) is 47.2. The Kier molecular flexibility index (Phi) is 10.6. The van der Waals surface area contributed by atoms with Gasteiger partial charge in [0.15, 0.2) is 0 Å². The molecule has 4 heteroatoms. The largest absolute Gasteiger partial charge is 0.311 e. The summed E-state index contributed by atoms with van der Waals surface area (Å²) >= 11 is 0. The van der Waals surface area contributed by atoms with Crippen LogP contribution in [0, 0.1) is 0 Å². The average molecular weight is 874 g/mol. The Balaban J connectivity index is 1.38. The van der Waals surface area contributed by atoms with Crippen molar-refractivity contribution < 1.29 is 0 Å². The first kappa shape index (κ1) is 44.2. The number of hydrogen-bond acceptors (Lipinski definition) is 3.